The third-order valence-corrected chi connectivity index (χ3v) is 3.45. The summed E-state index contributed by atoms with van der Waals surface area (Å²) in [5.74, 6) is 0.121. The molecule has 1 aliphatic heterocycles. The Balaban J connectivity index is 1.57. The number of nitrogens with zero attached hydrogens (tertiary/aromatic N) is 1. The van der Waals surface area contributed by atoms with Gasteiger partial charge >= 0.3 is 0 Å². The number of carbonyl (C=O) groups is 1. The molecule has 2 aromatic rings. The Morgan fingerprint density at radius 1 is 1.30 bits per heavy atom. The summed E-state index contributed by atoms with van der Waals surface area (Å²) in [4.78, 5) is 16.3. The first kappa shape index (κ1) is 12.8. The molecule has 0 fully saturated rings. The molecule has 102 valence electrons. The predicted octanol–water partition coefficient (Wildman–Crippen LogP) is 2.02. The smallest absolute Gasteiger partial charge is 0.176 e. The minimum atomic E-state index is 0.121. The highest BCUT2D eigenvalue weighted by Gasteiger charge is 2.13. The van der Waals surface area contributed by atoms with Crippen LogP contribution < -0.4 is 10.6 Å². The summed E-state index contributed by atoms with van der Waals surface area (Å²) >= 11 is 0. The molecule has 1 aliphatic rings. The summed E-state index contributed by atoms with van der Waals surface area (Å²) in [6.45, 7) is 1.91. The second-order valence-electron chi connectivity index (χ2n) is 4.90. The predicted molar refractivity (Wildman–Crippen MR) is 78.9 cm³/mol. The van der Waals surface area contributed by atoms with Crippen LogP contribution in [0, 0.1) is 0 Å². The third-order valence-electron chi connectivity index (χ3n) is 3.45. The zero-order valence-electron chi connectivity index (χ0n) is 11.2. The molecule has 0 bridgehead atoms. The van der Waals surface area contributed by atoms with Gasteiger partial charge in [-0.15, -0.1) is 0 Å². The Kier molecular flexibility index (Phi) is 3.74. The largest absolute Gasteiger partial charge is 0.384 e. The molecular formula is C16H17N3O. The molecule has 20 heavy (non-hydrogen) atoms. The summed E-state index contributed by atoms with van der Waals surface area (Å²) in [6.07, 6.45) is 2.75. The van der Waals surface area contributed by atoms with Gasteiger partial charge in [0, 0.05) is 30.5 Å². The van der Waals surface area contributed by atoms with Crippen molar-refractivity contribution in [1.82, 2.24) is 10.3 Å². The first-order chi connectivity index (χ1) is 9.83. The number of anilines is 1. The number of Topliss-reactive ketones (excluding diaryl/α,β-unsaturated/α-hetero) is 1. The normalized spacial score (nSPS) is 12.8. The molecule has 0 saturated carbocycles. The molecule has 1 aromatic heterocycles. The van der Waals surface area contributed by atoms with Crippen LogP contribution in [-0.2, 0) is 13.0 Å². The lowest BCUT2D eigenvalue weighted by Crippen LogP contribution is -2.23. The number of benzene rings is 1. The molecule has 0 radical (unpaired) electrons. The van der Waals surface area contributed by atoms with E-state index < -0.39 is 0 Å². The molecule has 3 rings (SSSR count). The number of aromatic nitrogens is 1. The maximum absolute atomic E-state index is 12.1. The molecule has 2 N–H and O–H groups in total. The topological polar surface area (TPSA) is 54.0 Å². The lowest BCUT2D eigenvalue weighted by Gasteiger charge is -2.06. The van der Waals surface area contributed by atoms with Crippen molar-refractivity contribution in [3.05, 3.63) is 59.4 Å². The second kappa shape index (κ2) is 5.84. The fraction of sp³-hybridized carbons (Fsp3) is 0.250. The van der Waals surface area contributed by atoms with Crippen LogP contribution in [0.4, 0.5) is 5.69 Å². The van der Waals surface area contributed by atoms with Gasteiger partial charge in [-0.05, 0) is 42.3 Å². The molecule has 4 heteroatoms. The molecular weight excluding hydrogens is 250 g/mol. The quantitative estimate of drug-likeness (QED) is 0.814. The number of fused-ring (bicyclic) bond motifs is 1. The van der Waals surface area contributed by atoms with Crippen LogP contribution in [0.2, 0.25) is 0 Å². The van der Waals surface area contributed by atoms with Crippen LogP contribution in [0.15, 0.2) is 42.6 Å². The fourth-order valence-electron chi connectivity index (χ4n) is 2.39. The van der Waals surface area contributed by atoms with Gasteiger partial charge < -0.3 is 10.6 Å². The number of ketones is 1. The van der Waals surface area contributed by atoms with Crippen LogP contribution in [0.5, 0.6) is 0 Å². The number of hydrogen-bond donors (Lipinski definition) is 2. The Bertz CT molecular complexity index is 610. The summed E-state index contributed by atoms with van der Waals surface area (Å²) in [5.41, 5.74) is 4.11. The van der Waals surface area contributed by atoms with Crippen molar-refractivity contribution < 1.29 is 4.79 Å². The van der Waals surface area contributed by atoms with Crippen molar-refractivity contribution in [2.45, 2.75) is 13.0 Å². The van der Waals surface area contributed by atoms with Crippen LogP contribution in [0.3, 0.4) is 0 Å². The highest BCUT2D eigenvalue weighted by Crippen LogP contribution is 2.23. The highest BCUT2D eigenvalue weighted by molar-refractivity contribution is 5.98. The molecule has 0 unspecified atom stereocenters. The average molecular weight is 267 g/mol. The van der Waals surface area contributed by atoms with Gasteiger partial charge in [-0.1, -0.05) is 6.07 Å². The molecule has 0 aliphatic carbocycles. The van der Waals surface area contributed by atoms with Gasteiger partial charge in [-0.3, -0.25) is 9.78 Å². The van der Waals surface area contributed by atoms with E-state index in [1.54, 1.807) is 6.20 Å². The van der Waals surface area contributed by atoms with E-state index in [9.17, 15) is 4.79 Å². The van der Waals surface area contributed by atoms with Crippen LogP contribution in [0.25, 0.3) is 0 Å². The van der Waals surface area contributed by atoms with E-state index in [-0.39, 0.29) is 5.78 Å². The minimum Gasteiger partial charge on any atom is -0.384 e. The van der Waals surface area contributed by atoms with Crippen LogP contribution in [-0.4, -0.2) is 23.9 Å². The highest BCUT2D eigenvalue weighted by atomic mass is 16.1. The van der Waals surface area contributed by atoms with Gasteiger partial charge in [0.15, 0.2) is 5.78 Å². The Hall–Kier alpha value is -2.20. The van der Waals surface area contributed by atoms with Gasteiger partial charge in [-0.2, -0.15) is 0 Å². The Labute approximate surface area is 118 Å². The zero-order valence-corrected chi connectivity index (χ0v) is 11.2. The third kappa shape index (κ3) is 2.86. The number of hydrogen-bond acceptors (Lipinski definition) is 4. The minimum absolute atomic E-state index is 0.121. The number of rotatable bonds is 5. The molecule has 0 amide bonds. The first-order valence-electron chi connectivity index (χ1n) is 6.83. The Morgan fingerprint density at radius 2 is 2.25 bits per heavy atom. The van der Waals surface area contributed by atoms with E-state index in [1.165, 1.54) is 5.56 Å². The fourth-order valence-corrected chi connectivity index (χ4v) is 2.39. The van der Waals surface area contributed by atoms with Gasteiger partial charge in [-0.25, -0.2) is 0 Å². The zero-order chi connectivity index (χ0) is 13.8. The van der Waals surface area contributed by atoms with Crippen LogP contribution >= 0.6 is 0 Å². The van der Waals surface area contributed by atoms with Crippen molar-refractivity contribution in [2.75, 3.05) is 18.4 Å². The van der Waals surface area contributed by atoms with Crippen molar-refractivity contribution in [3.8, 4) is 0 Å². The number of nitrogens with one attached hydrogen (secondary N) is 2. The molecule has 0 spiro atoms. The van der Waals surface area contributed by atoms with Gasteiger partial charge in [0.2, 0.25) is 0 Å². The van der Waals surface area contributed by atoms with Crippen molar-refractivity contribution in [2.24, 2.45) is 0 Å². The van der Waals surface area contributed by atoms with Gasteiger partial charge in [0.05, 0.1) is 12.2 Å². The second-order valence-corrected chi connectivity index (χ2v) is 4.90. The van der Waals surface area contributed by atoms with Crippen LogP contribution in [0.1, 0.15) is 21.6 Å². The maximum atomic E-state index is 12.1. The monoisotopic (exact) mass is 267 g/mol. The van der Waals surface area contributed by atoms with E-state index in [4.69, 9.17) is 0 Å². The molecule has 1 aromatic carbocycles. The summed E-state index contributed by atoms with van der Waals surface area (Å²) in [6, 6.07) is 11.7. The summed E-state index contributed by atoms with van der Waals surface area (Å²) in [5, 5.41) is 6.44. The molecule has 4 nitrogen and oxygen atoms in total. The maximum Gasteiger partial charge on any atom is 0.176 e. The van der Waals surface area contributed by atoms with E-state index in [2.05, 4.69) is 15.6 Å². The lowest BCUT2D eigenvalue weighted by atomic mass is 10.1. The molecule has 2 heterocycles. The van der Waals surface area contributed by atoms with Crippen molar-refractivity contribution in [1.29, 1.82) is 0 Å². The SMILES string of the molecule is O=C(CNCc1ccccn1)c1ccc2c(c1)CCN2. The standard InChI is InChI=1S/C16H17N3O/c20-16(11-17-10-14-3-1-2-7-18-14)13-4-5-15-12(9-13)6-8-19-15/h1-5,7,9,17,19H,6,8,10-11H2. The Morgan fingerprint density at radius 3 is 3.10 bits per heavy atom. The van der Waals surface area contributed by atoms with Crippen molar-refractivity contribution in [3.63, 3.8) is 0 Å². The van der Waals surface area contributed by atoms with Crippen molar-refractivity contribution >= 4 is 11.5 Å². The van der Waals surface area contributed by atoms with Gasteiger partial charge in [0.25, 0.3) is 0 Å². The van der Waals surface area contributed by atoms with E-state index in [1.807, 2.05) is 36.4 Å². The molecule has 0 atom stereocenters. The number of pyridine rings is 1. The number of carbonyl (C=O) groups excluding carboxylic acids is 1. The van der Waals surface area contributed by atoms with Gasteiger partial charge in [0.1, 0.15) is 0 Å². The lowest BCUT2D eigenvalue weighted by molar-refractivity contribution is 0.0990. The van der Waals surface area contributed by atoms with E-state index in [0.29, 0.717) is 13.1 Å². The average Bonchev–Trinajstić information content (AvgIpc) is 2.95. The summed E-state index contributed by atoms with van der Waals surface area (Å²) < 4.78 is 0. The van der Waals surface area contributed by atoms with E-state index >= 15 is 0 Å². The first-order valence-corrected chi connectivity index (χ1v) is 6.83. The molecule has 0 saturated heterocycles. The van der Waals surface area contributed by atoms with E-state index in [0.717, 1.165) is 29.9 Å². The summed E-state index contributed by atoms with van der Waals surface area (Å²) in [7, 11) is 0.